The number of nitrogens with one attached hydrogen (secondary N) is 2. The maximum Gasteiger partial charge on any atom is 0.236 e. The van der Waals surface area contributed by atoms with Gasteiger partial charge in [0.1, 0.15) is 0 Å². The van der Waals surface area contributed by atoms with Crippen molar-refractivity contribution in [1.29, 1.82) is 0 Å². The molecule has 3 atom stereocenters. The Morgan fingerprint density at radius 1 is 1.42 bits per heavy atom. The smallest absolute Gasteiger partial charge is 0.236 e. The highest BCUT2D eigenvalue weighted by Crippen LogP contribution is 2.22. The summed E-state index contributed by atoms with van der Waals surface area (Å²) in [5.41, 5.74) is 0. The number of carbonyl (C=O) groups is 1. The minimum absolute atomic E-state index is 0.0366. The highest BCUT2D eigenvalue weighted by Gasteiger charge is 2.27. The molecule has 3 rings (SSSR count). The highest BCUT2D eigenvalue weighted by atomic mass is 16.5. The van der Waals surface area contributed by atoms with E-state index >= 15 is 0 Å². The van der Waals surface area contributed by atoms with Gasteiger partial charge in [-0.25, -0.2) is 0 Å². The average Bonchev–Trinajstić information content (AvgIpc) is 3.29. The van der Waals surface area contributed by atoms with Crippen LogP contribution in [0.2, 0.25) is 0 Å². The number of ether oxygens (including phenoxy) is 1. The number of anilines is 1. The van der Waals surface area contributed by atoms with E-state index in [1.54, 1.807) is 6.20 Å². The third-order valence-corrected chi connectivity index (χ3v) is 4.81. The largest absolute Gasteiger partial charge is 0.376 e. The molecule has 2 N–H and O–H groups in total. The molecule has 0 radical (unpaired) electrons. The van der Waals surface area contributed by atoms with Gasteiger partial charge < -0.3 is 20.3 Å². The first-order chi connectivity index (χ1) is 11.7. The lowest BCUT2D eigenvalue weighted by Gasteiger charge is -2.26. The molecule has 7 heteroatoms. The van der Waals surface area contributed by atoms with Gasteiger partial charge >= 0.3 is 0 Å². The number of hydrogen-bond acceptors (Lipinski definition) is 6. The van der Waals surface area contributed by atoms with E-state index in [0.717, 1.165) is 51.2 Å². The molecule has 132 valence electrons. The zero-order chi connectivity index (χ0) is 16.8. The molecule has 0 spiro atoms. The van der Waals surface area contributed by atoms with E-state index in [-0.39, 0.29) is 18.1 Å². The zero-order valence-corrected chi connectivity index (χ0v) is 14.3. The van der Waals surface area contributed by atoms with Gasteiger partial charge in [-0.3, -0.25) is 4.79 Å². The summed E-state index contributed by atoms with van der Waals surface area (Å²) in [5, 5.41) is 14.5. The van der Waals surface area contributed by atoms with Crippen LogP contribution in [-0.2, 0) is 9.53 Å². The van der Waals surface area contributed by atoms with Gasteiger partial charge in [0.2, 0.25) is 5.91 Å². The number of amides is 1. The maximum atomic E-state index is 12.2. The van der Waals surface area contributed by atoms with E-state index in [4.69, 9.17) is 4.74 Å². The van der Waals surface area contributed by atoms with E-state index in [1.807, 2.05) is 19.1 Å². The zero-order valence-electron chi connectivity index (χ0n) is 14.3. The third-order valence-electron chi connectivity index (χ3n) is 4.81. The van der Waals surface area contributed by atoms with Crippen molar-refractivity contribution in [2.24, 2.45) is 0 Å². The predicted octanol–water partition coefficient (Wildman–Crippen LogP) is 0.719. The van der Waals surface area contributed by atoms with Crippen LogP contribution in [-0.4, -0.2) is 60.5 Å². The van der Waals surface area contributed by atoms with Gasteiger partial charge in [-0.2, -0.15) is 5.10 Å². The second kappa shape index (κ2) is 8.39. The van der Waals surface area contributed by atoms with E-state index in [2.05, 4.69) is 25.7 Å². The molecule has 7 nitrogen and oxygen atoms in total. The Morgan fingerprint density at radius 2 is 2.33 bits per heavy atom. The lowest BCUT2D eigenvalue weighted by Crippen LogP contribution is -2.48. The Labute approximate surface area is 143 Å². The summed E-state index contributed by atoms with van der Waals surface area (Å²) in [6.07, 6.45) is 6.25. The Balaban J connectivity index is 1.43. The fourth-order valence-electron chi connectivity index (χ4n) is 3.37. The third kappa shape index (κ3) is 4.42. The Bertz CT molecular complexity index is 521. The fourth-order valence-corrected chi connectivity index (χ4v) is 3.37. The van der Waals surface area contributed by atoms with Crippen LogP contribution < -0.4 is 15.5 Å². The molecule has 2 saturated heterocycles. The van der Waals surface area contributed by atoms with Crippen LogP contribution in [0.3, 0.4) is 0 Å². The first kappa shape index (κ1) is 17.1. The lowest BCUT2D eigenvalue weighted by molar-refractivity contribution is -0.123. The quantitative estimate of drug-likeness (QED) is 0.765. The minimum atomic E-state index is -0.212. The van der Waals surface area contributed by atoms with E-state index in [1.165, 1.54) is 0 Å². The van der Waals surface area contributed by atoms with Crippen LogP contribution in [0, 0.1) is 0 Å². The topological polar surface area (TPSA) is 79.4 Å². The summed E-state index contributed by atoms with van der Waals surface area (Å²) in [5.74, 6) is 0.951. The van der Waals surface area contributed by atoms with E-state index in [0.29, 0.717) is 12.6 Å². The summed E-state index contributed by atoms with van der Waals surface area (Å²) in [6.45, 7) is 5.09. The number of hydrogen-bond donors (Lipinski definition) is 2. The van der Waals surface area contributed by atoms with Crippen molar-refractivity contribution in [3.63, 3.8) is 0 Å². The molecule has 0 bridgehead atoms. The second-order valence-corrected chi connectivity index (χ2v) is 6.58. The minimum Gasteiger partial charge on any atom is -0.376 e. The Morgan fingerprint density at radius 3 is 3.08 bits per heavy atom. The van der Waals surface area contributed by atoms with Crippen molar-refractivity contribution in [3.05, 3.63) is 18.3 Å². The first-order valence-corrected chi connectivity index (χ1v) is 8.91. The fraction of sp³-hybridized carbons (Fsp3) is 0.706. The van der Waals surface area contributed by atoms with Crippen LogP contribution in [0.15, 0.2) is 18.3 Å². The lowest BCUT2D eigenvalue weighted by atomic mass is 10.2. The predicted molar refractivity (Wildman–Crippen MR) is 91.8 cm³/mol. The van der Waals surface area contributed by atoms with Crippen molar-refractivity contribution in [2.45, 2.75) is 50.8 Å². The summed E-state index contributed by atoms with van der Waals surface area (Å²) in [7, 11) is 0. The van der Waals surface area contributed by atoms with Gasteiger partial charge in [-0.1, -0.05) is 0 Å². The van der Waals surface area contributed by atoms with Gasteiger partial charge in [0.25, 0.3) is 0 Å². The van der Waals surface area contributed by atoms with Crippen LogP contribution in [0.4, 0.5) is 5.82 Å². The molecule has 1 amide bonds. The van der Waals surface area contributed by atoms with Crippen molar-refractivity contribution in [1.82, 2.24) is 20.8 Å². The highest BCUT2D eigenvalue weighted by molar-refractivity contribution is 5.81. The molecule has 2 aliphatic heterocycles. The van der Waals surface area contributed by atoms with Gasteiger partial charge in [0.05, 0.1) is 12.1 Å². The van der Waals surface area contributed by atoms with Crippen molar-refractivity contribution in [3.8, 4) is 0 Å². The average molecular weight is 333 g/mol. The van der Waals surface area contributed by atoms with E-state index in [9.17, 15) is 4.79 Å². The monoisotopic (exact) mass is 333 g/mol. The molecule has 0 aliphatic carbocycles. The van der Waals surface area contributed by atoms with Gasteiger partial charge in [0.15, 0.2) is 5.82 Å². The SMILES string of the molecule is C[C@H](NC[C@H]1CCCN1c1cccnn1)C(=O)NC[C@@H]1CCCO1. The Kier molecular flexibility index (Phi) is 5.98. The molecule has 0 saturated carbocycles. The van der Waals surface area contributed by atoms with Crippen molar-refractivity contribution >= 4 is 11.7 Å². The number of nitrogens with zero attached hydrogens (tertiary/aromatic N) is 3. The van der Waals surface area contributed by atoms with Crippen molar-refractivity contribution < 1.29 is 9.53 Å². The molecule has 3 heterocycles. The summed E-state index contributed by atoms with van der Waals surface area (Å²) in [4.78, 5) is 14.5. The molecular formula is C17H27N5O2. The summed E-state index contributed by atoms with van der Waals surface area (Å²) in [6, 6.07) is 4.04. The standard InChI is InChI=1S/C17H27N5O2/c1-13(17(23)19-12-15-6-4-10-24-15)18-11-14-5-3-9-22(14)16-7-2-8-20-21-16/h2,7-8,13-15,18H,3-6,9-12H2,1H3,(H,19,23)/t13-,14+,15-/m0/s1. The van der Waals surface area contributed by atoms with E-state index < -0.39 is 0 Å². The van der Waals surface area contributed by atoms with Crippen molar-refractivity contribution in [2.75, 3.05) is 31.1 Å². The first-order valence-electron chi connectivity index (χ1n) is 8.91. The van der Waals surface area contributed by atoms with Crippen LogP contribution in [0.1, 0.15) is 32.6 Å². The van der Waals surface area contributed by atoms with Gasteiger partial charge in [-0.05, 0) is 44.7 Å². The van der Waals surface area contributed by atoms with Crippen LogP contribution in [0.5, 0.6) is 0 Å². The van der Waals surface area contributed by atoms with Crippen LogP contribution >= 0.6 is 0 Å². The molecular weight excluding hydrogens is 306 g/mol. The number of aromatic nitrogens is 2. The molecule has 0 aromatic carbocycles. The molecule has 1 aromatic rings. The summed E-state index contributed by atoms with van der Waals surface area (Å²) >= 11 is 0. The molecule has 2 aliphatic rings. The molecule has 24 heavy (non-hydrogen) atoms. The molecule has 0 unspecified atom stereocenters. The molecule has 1 aromatic heterocycles. The number of rotatable bonds is 7. The van der Waals surface area contributed by atoms with Gasteiger partial charge in [-0.15, -0.1) is 5.10 Å². The number of carbonyl (C=O) groups excluding carboxylic acids is 1. The molecule has 2 fully saturated rings. The second-order valence-electron chi connectivity index (χ2n) is 6.58. The Hall–Kier alpha value is -1.73. The van der Waals surface area contributed by atoms with Crippen LogP contribution in [0.25, 0.3) is 0 Å². The normalized spacial score (nSPS) is 25.0. The maximum absolute atomic E-state index is 12.2. The summed E-state index contributed by atoms with van der Waals surface area (Å²) < 4.78 is 5.53. The van der Waals surface area contributed by atoms with Gasteiger partial charge in [0, 0.05) is 38.5 Å².